The van der Waals surface area contributed by atoms with E-state index in [1.165, 1.54) is 0 Å². The summed E-state index contributed by atoms with van der Waals surface area (Å²) in [6.07, 6.45) is 1.31. The quantitative estimate of drug-likeness (QED) is 0.538. The average Bonchev–Trinajstić information content (AvgIpc) is 3.19. The molecule has 5 nitrogen and oxygen atoms in total. The van der Waals surface area contributed by atoms with Crippen LogP contribution >= 0.6 is 15.9 Å². The van der Waals surface area contributed by atoms with E-state index in [0.717, 1.165) is 15.6 Å². The lowest BCUT2D eigenvalue weighted by Gasteiger charge is -2.30. The molecule has 6 heteroatoms. The minimum Gasteiger partial charge on any atom is -0.497 e. The molecule has 1 fully saturated rings. The number of nitrogens with zero attached hydrogens (tertiary/aromatic N) is 1. The van der Waals surface area contributed by atoms with Crippen molar-refractivity contribution in [2.75, 3.05) is 20.2 Å². The number of Topliss-reactive ketones (excluding diaryl/α,β-unsaturated/α-hetero) is 1. The van der Waals surface area contributed by atoms with Crippen molar-refractivity contribution in [1.29, 1.82) is 0 Å². The fourth-order valence-electron chi connectivity index (χ4n) is 3.62. The fourth-order valence-corrected chi connectivity index (χ4v) is 4.09. The van der Waals surface area contributed by atoms with Crippen molar-refractivity contribution in [2.24, 2.45) is 5.92 Å². The van der Waals surface area contributed by atoms with E-state index in [1.54, 1.807) is 42.3 Å². The van der Waals surface area contributed by atoms with Gasteiger partial charge >= 0.3 is 0 Å². The summed E-state index contributed by atoms with van der Waals surface area (Å²) >= 11 is 3.45. The van der Waals surface area contributed by atoms with Gasteiger partial charge in [-0.05, 0) is 65.2 Å². The third-order valence-corrected chi connectivity index (χ3v) is 5.86. The highest BCUT2D eigenvalue weighted by atomic mass is 79.9. The molecule has 1 saturated heterocycles. The van der Waals surface area contributed by atoms with Gasteiger partial charge in [-0.2, -0.15) is 0 Å². The Bertz CT molecular complexity index is 1020. The minimum absolute atomic E-state index is 0.0673. The highest BCUT2D eigenvalue weighted by Crippen LogP contribution is 2.29. The summed E-state index contributed by atoms with van der Waals surface area (Å²) in [5.74, 6) is 0.999. The van der Waals surface area contributed by atoms with Crippen LogP contribution < -0.4 is 4.74 Å². The minimum atomic E-state index is -0.126. The van der Waals surface area contributed by atoms with Crippen molar-refractivity contribution in [3.8, 4) is 5.75 Å². The van der Waals surface area contributed by atoms with Crippen LogP contribution in [0, 0.1) is 5.92 Å². The molecule has 0 N–H and O–H groups in total. The number of piperidine rings is 1. The molecule has 0 radical (unpaired) electrons. The first-order valence-electron chi connectivity index (χ1n) is 9.22. The van der Waals surface area contributed by atoms with E-state index in [9.17, 15) is 9.59 Å². The number of rotatable bonds is 4. The Morgan fingerprint density at radius 2 is 1.82 bits per heavy atom. The largest absolute Gasteiger partial charge is 0.497 e. The fraction of sp³-hybridized carbons (Fsp3) is 0.273. The molecule has 0 bridgehead atoms. The highest BCUT2D eigenvalue weighted by molar-refractivity contribution is 9.10. The summed E-state index contributed by atoms with van der Waals surface area (Å²) < 4.78 is 11.7. The molecule has 3 aromatic rings. The smallest absolute Gasteiger partial charge is 0.289 e. The Morgan fingerprint density at radius 1 is 1.11 bits per heavy atom. The van der Waals surface area contributed by atoms with Crippen LogP contribution in [0.15, 0.2) is 57.4 Å². The second kappa shape index (κ2) is 7.80. The summed E-state index contributed by atoms with van der Waals surface area (Å²) in [6, 6.07) is 14.7. The normalized spacial score (nSPS) is 15.0. The van der Waals surface area contributed by atoms with Crippen molar-refractivity contribution >= 4 is 38.6 Å². The van der Waals surface area contributed by atoms with Gasteiger partial charge in [0, 0.05) is 30.0 Å². The Balaban J connectivity index is 1.42. The molecule has 2 heterocycles. The van der Waals surface area contributed by atoms with Gasteiger partial charge in [-0.15, -0.1) is 0 Å². The SMILES string of the molecule is COc1ccc(C(=O)C2CCN(C(=O)c3cc4cccc(Br)c4o3)CC2)cc1. The lowest BCUT2D eigenvalue weighted by molar-refractivity contribution is 0.0626. The van der Waals surface area contributed by atoms with Crippen LogP contribution in [0.3, 0.4) is 0 Å². The first-order valence-corrected chi connectivity index (χ1v) is 10.0. The van der Waals surface area contributed by atoms with Crippen molar-refractivity contribution in [2.45, 2.75) is 12.8 Å². The van der Waals surface area contributed by atoms with E-state index >= 15 is 0 Å². The molecule has 1 aliphatic rings. The second-order valence-corrected chi connectivity index (χ2v) is 7.78. The van der Waals surface area contributed by atoms with E-state index in [-0.39, 0.29) is 17.6 Å². The number of halogens is 1. The number of amides is 1. The van der Waals surface area contributed by atoms with Crippen molar-refractivity contribution in [3.05, 3.63) is 64.3 Å². The zero-order valence-corrected chi connectivity index (χ0v) is 17.1. The van der Waals surface area contributed by atoms with Crippen LogP contribution in [0.4, 0.5) is 0 Å². The first-order chi connectivity index (χ1) is 13.6. The summed E-state index contributed by atoms with van der Waals surface area (Å²) in [4.78, 5) is 27.3. The summed E-state index contributed by atoms with van der Waals surface area (Å²) in [6.45, 7) is 1.09. The number of ketones is 1. The lowest BCUT2D eigenvalue weighted by Crippen LogP contribution is -2.40. The molecule has 0 unspecified atom stereocenters. The third kappa shape index (κ3) is 3.56. The number of hydrogen-bond acceptors (Lipinski definition) is 4. The van der Waals surface area contributed by atoms with Gasteiger partial charge in [0.2, 0.25) is 0 Å². The highest BCUT2D eigenvalue weighted by Gasteiger charge is 2.29. The van der Waals surface area contributed by atoms with Gasteiger partial charge < -0.3 is 14.1 Å². The van der Waals surface area contributed by atoms with Gasteiger partial charge in [0.1, 0.15) is 11.3 Å². The second-order valence-electron chi connectivity index (χ2n) is 6.93. The molecular formula is C22H20BrNO4. The van der Waals surface area contributed by atoms with Crippen LogP contribution in [-0.2, 0) is 0 Å². The van der Waals surface area contributed by atoms with Crippen LogP contribution in [0.2, 0.25) is 0 Å². The predicted molar refractivity (Wildman–Crippen MR) is 110 cm³/mol. The number of ether oxygens (including phenoxy) is 1. The van der Waals surface area contributed by atoms with Crippen molar-refractivity contribution in [1.82, 2.24) is 4.90 Å². The predicted octanol–water partition coefficient (Wildman–Crippen LogP) is 4.94. The Kier molecular flexibility index (Phi) is 5.22. The zero-order chi connectivity index (χ0) is 19.7. The number of hydrogen-bond donors (Lipinski definition) is 0. The van der Waals surface area contributed by atoms with E-state index < -0.39 is 0 Å². The summed E-state index contributed by atoms with van der Waals surface area (Å²) in [5.41, 5.74) is 1.36. The first kappa shape index (κ1) is 18.7. The van der Waals surface area contributed by atoms with Crippen LogP contribution in [0.1, 0.15) is 33.8 Å². The van der Waals surface area contributed by atoms with Gasteiger partial charge in [-0.3, -0.25) is 9.59 Å². The Hall–Kier alpha value is -2.60. The van der Waals surface area contributed by atoms with Crippen LogP contribution in [-0.4, -0.2) is 36.8 Å². The number of carbonyl (C=O) groups excluding carboxylic acids is 2. The number of methoxy groups -OCH3 is 1. The molecule has 0 atom stereocenters. The molecule has 1 aromatic heterocycles. The molecule has 1 amide bonds. The number of furan rings is 1. The number of fused-ring (bicyclic) bond motifs is 1. The van der Waals surface area contributed by atoms with E-state index in [0.29, 0.717) is 42.8 Å². The van der Waals surface area contributed by atoms with E-state index in [1.807, 2.05) is 18.2 Å². The number of benzene rings is 2. The van der Waals surface area contributed by atoms with Gasteiger partial charge in [0.05, 0.1) is 11.6 Å². The maximum Gasteiger partial charge on any atom is 0.289 e. The standard InChI is InChI=1S/C22H20BrNO4/c1-27-17-7-5-14(6-8-17)20(25)15-9-11-24(12-10-15)22(26)19-13-16-3-2-4-18(23)21(16)28-19/h2-8,13,15H,9-12H2,1H3. The molecule has 28 heavy (non-hydrogen) atoms. The van der Waals surface area contributed by atoms with E-state index in [4.69, 9.17) is 9.15 Å². The number of carbonyl (C=O) groups is 2. The van der Waals surface area contributed by atoms with Crippen molar-refractivity contribution < 1.29 is 18.7 Å². The van der Waals surface area contributed by atoms with Crippen LogP contribution in [0.5, 0.6) is 5.75 Å². The third-order valence-electron chi connectivity index (χ3n) is 5.23. The molecule has 2 aromatic carbocycles. The zero-order valence-electron chi connectivity index (χ0n) is 15.5. The topological polar surface area (TPSA) is 59.8 Å². The van der Waals surface area contributed by atoms with Crippen molar-refractivity contribution in [3.63, 3.8) is 0 Å². The maximum absolute atomic E-state index is 12.8. The lowest BCUT2D eigenvalue weighted by atomic mass is 9.89. The maximum atomic E-state index is 12.8. The summed E-state index contributed by atoms with van der Waals surface area (Å²) in [5, 5.41) is 0.891. The molecule has 0 saturated carbocycles. The monoisotopic (exact) mass is 441 g/mol. The molecular weight excluding hydrogens is 422 g/mol. The van der Waals surface area contributed by atoms with Crippen LogP contribution in [0.25, 0.3) is 11.0 Å². The van der Waals surface area contributed by atoms with E-state index in [2.05, 4.69) is 15.9 Å². The molecule has 0 aliphatic carbocycles. The number of para-hydroxylation sites is 1. The van der Waals surface area contributed by atoms with Gasteiger partial charge in [0.15, 0.2) is 11.5 Å². The molecule has 4 rings (SSSR count). The van der Waals surface area contributed by atoms with Gasteiger partial charge in [0.25, 0.3) is 5.91 Å². The Labute approximate surface area is 171 Å². The van der Waals surface area contributed by atoms with Gasteiger partial charge in [-0.1, -0.05) is 12.1 Å². The number of likely N-dealkylation sites (tertiary alicyclic amines) is 1. The molecule has 1 aliphatic heterocycles. The molecule has 0 spiro atoms. The summed E-state index contributed by atoms with van der Waals surface area (Å²) in [7, 11) is 1.60. The average molecular weight is 442 g/mol. The molecule has 144 valence electrons. The Morgan fingerprint density at radius 3 is 2.46 bits per heavy atom. The van der Waals surface area contributed by atoms with Gasteiger partial charge in [-0.25, -0.2) is 0 Å².